The SMILES string of the molecule is CC#Cc1ccc(C(=O)O)c2c1cnn2C(C)c1ccc(C2CC2)nc1. The van der Waals surface area contributed by atoms with Crippen molar-refractivity contribution in [3.05, 3.63) is 59.0 Å². The van der Waals surface area contributed by atoms with Crippen LogP contribution in [0.5, 0.6) is 0 Å². The number of benzene rings is 1. The molecular formula is C21H19N3O2. The maximum Gasteiger partial charge on any atom is 0.337 e. The quantitative estimate of drug-likeness (QED) is 0.726. The average molecular weight is 345 g/mol. The van der Waals surface area contributed by atoms with Gasteiger partial charge in [0.25, 0.3) is 0 Å². The van der Waals surface area contributed by atoms with Gasteiger partial charge in [-0.1, -0.05) is 12.0 Å². The van der Waals surface area contributed by atoms with Crippen molar-refractivity contribution >= 4 is 16.9 Å². The molecule has 0 aliphatic heterocycles. The van der Waals surface area contributed by atoms with Crippen LogP contribution in [0.3, 0.4) is 0 Å². The molecule has 3 aromatic rings. The van der Waals surface area contributed by atoms with Gasteiger partial charge >= 0.3 is 5.97 Å². The van der Waals surface area contributed by atoms with E-state index in [0.717, 1.165) is 22.2 Å². The van der Waals surface area contributed by atoms with E-state index in [9.17, 15) is 9.90 Å². The second-order valence-corrected chi connectivity index (χ2v) is 6.66. The lowest BCUT2D eigenvalue weighted by Crippen LogP contribution is -2.11. The monoisotopic (exact) mass is 345 g/mol. The fourth-order valence-electron chi connectivity index (χ4n) is 3.30. The molecule has 1 unspecified atom stereocenters. The minimum atomic E-state index is -0.970. The van der Waals surface area contributed by atoms with Crippen molar-refractivity contribution < 1.29 is 9.90 Å². The Kier molecular flexibility index (Phi) is 3.96. The zero-order valence-electron chi connectivity index (χ0n) is 14.7. The largest absolute Gasteiger partial charge is 0.478 e. The summed E-state index contributed by atoms with van der Waals surface area (Å²) in [7, 11) is 0. The molecule has 1 atom stereocenters. The number of aromatic nitrogens is 3. The van der Waals surface area contributed by atoms with Crippen molar-refractivity contribution in [3.63, 3.8) is 0 Å². The van der Waals surface area contributed by atoms with Gasteiger partial charge in [0.15, 0.2) is 0 Å². The Bertz CT molecular complexity index is 1050. The van der Waals surface area contributed by atoms with Gasteiger partial charge in [0.1, 0.15) is 0 Å². The Labute approximate surface area is 151 Å². The number of pyridine rings is 1. The normalized spacial score (nSPS) is 14.7. The van der Waals surface area contributed by atoms with E-state index < -0.39 is 5.97 Å². The molecule has 1 N–H and O–H groups in total. The highest BCUT2D eigenvalue weighted by molar-refractivity contribution is 6.03. The summed E-state index contributed by atoms with van der Waals surface area (Å²) in [6.45, 7) is 3.77. The summed E-state index contributed by atoms with van der Waals surface area (Å²) in [6, 6.07) is 7.35. The molecule has 1 aliphatic carbocycles. The lowest BCUT2D eigenvalue weighted by Gasteiger charge is -2.15. The van der Waals surface area contributed by atoms with Crippen LogP contribution in [-0.4, -0.2) is 25.8 Å². The minimum Gasteiger partial charge on any atom is -0.478 e. The van der Waals surface area contributed by atoms with E-state index in [-0.39, 0.29) is 11.6 Å². The Morgan fingerprint density at radius 2 is 2.08 bits per heavy atom. The van der Waals surface area contributed by atoms with E-state index in [2.05, 4.69) is 34.1 Å². The smallest absolute Gasteiger partial charge is 0.337 e. The van der Waals surface area contributed by atoms with Crippen LogP contribution in [0.15, 0.2) is 36.7 Å². The van der Waals surface area contributed by atoms with Gasteiger partial charge in [-0.25, -0.2) is 4.79 Å². The number of fused-ring (bicyclic) bond motifs is 1. The summed E-state index contributed by atoms with van der Waals surface area (Å²) < 4.78 is 1.76. The highest BCUT2D eigenvalue weighted by atomic mass is 16.4. The molecule has 2 heterocycles. The molecular weight excluding hydrogens is 326 g/mol. The highest BCUT2D eigenvalue weighted by Crippen LogP contribution is 2.39. The van der Waals surface area contributed by atoms with Gasteiger partial charge in [0.2, 0.25) is 0 Å². The predicted octanol–water partition coefficient (Wildman–Crippen LogP) is 3.99. The van der Waals surface area contributed by atoms with Gasteiger partial charge in [-0.3, -0.25) is 9.67 Å². The third-order valence-electron chi connectivity index (χ3n) is 4.90. The van der Waals surface area contributed by atoms with Crippen LogP contribution in [0.4, 0.5) is 0 Å². The second-order valence-electron chi connectivity index (χ2n) is 6.66. The van der Waals surface area contributed by atoms with Gasteiger partial charge in [-0.15, -0.1) is 5.92 Å². The summed E-state index contributed by atoms with van der Waals surface area (Å²) in [4.78, 5) is 16.3. The minimum absolute atomic E-state index is 0.129. The maximum atomic E-state index is 11.7. The van der Waals surface area contributed by atoms with E-state index >= 15 is 0 Å². The third kappa shape index (κ3) is 2.74. The molecule has 5 nitrogen and oxygen atoms in total. The summed E-state index contributed by atoms with van der Waals surface area (Å²) in [5.74, 6) is 5.54. The fraction of sp³-hybridized carbons (Fsp3) is 0.286. The molecule has 0 spiro atoms. The molecule has 26 heavy (non-hydrogen) atoms. The molecule has 1 fully saturated rings. The van der Waals surface area contributed by atoms with E-state index in [4.69, 9.17) is 0 Å². The summed E-state index contributed by atoms with van der Waals surface area (Å²) in [5, 5.41) is 14.9. The summed E-state index contributed by atoms with van der Waals surface area (Å²) in [6.07, 6.45) is 6.01. The van der Waals surface area contributed by atoms with Gasteiger partial charge < -0.3 is 5.11 Å². The maximum absolute atomic E-state index is 11.7. The fourth-order valence-corrected chi connectivity index (χ4v) is 3.30. The first kappa shape index (κ1) is 16.3. The number of hydrogen-bond donors (Lipinski definition) is 1. The van der Waals surface area contributed by atoms with Crippen molar-refractivity contribution in [1.82, 2.24) is 14.8 Å². The first-order valence-electron chi connectivity index (χ1n) is 8.72. The molecule has 130 valence electrons. The van der Waals surface area contributed by atoms with Gasteiger partial charge in [0.05, 0.1) is 23.3 Å². The first-order chi connectivity index (χ1) is 12.6. The molecule has 1 saturated carbocycles. The molecule has 1 aromatic carbocycles. The number of rotatable bonds is 4. The zero-order chi connectivity index (χ0) is 18.3. The van der Waals surface area contributed by atoms with Crippen LogP contribution in [0.1, 0.15) is 65.8 Å². The number of carboxylic acids is 1. The van der Waals surface area contributed by atoms with Crippen molar-refractivity contribution in [2.45, 2.75) is 38.6 Å². The van der Waals surface area contributed by atoms with Gasteiger partial charge in [-0.2, -0.15) is 5.10 Å². The number of carboxylic acid groups (broad SMARTS) is 1. The number of hydrogen-bond acceptors (Lipinski definition) is 3. The number of carbonyl (C=O) groups is 1. The van der Waals surface area contributed by atoms with E-state index in [1.165, 1.54) is 12.8 Å². The van der Waals surface area contributed by atoms with E-state index in [1.54, 1.807) is 29.9 Å². The van der Waals surface area contributed by atoms with Crippen LogP contribution in [0.2, 0.25) is 0 Å². The highest BCUT2D eigenvalue weighted by Gasteiger charge is 2.25. The second kappa shape index (κ2) is 6.30. The van der Waals surface area contributed by atoms with Crippen molar-refractivity contribution in [2.75, 3.05) is 0 Å². The van der Waals surface area contributed by atoms with Crippen molar-refractivity contribution in [2.24, 2.45) is 0 Å². The van der Waals surface area contributed by atoms with Crippen LogP contribution in [0.25, 0.3) is 10.9 Å². The predicted molar refractivity (Wildman–Crippen MR) is 99.3 cm³/mol. The van der Waals surface area contributed by atoms with Crippen molar-refractivity contribution in [3.8, 4) is 11.8 Å². The lowest BCUT2D eigenvalue weighted by atomic mass is 10.0. The Morgan fingerprint density at radius 3 is 2.69 bits per heavy atom. The molecule has 1 aliphatic rings. The molecule has 2 aromatic heterocycles. The number of nitrogens with zero attached hydrogens (tertiary/aromatic N) is 3. The summed E-state index contributed by atoms with van der Waals surface area (Å²) in [5.41, 5.74) is 3.75. The molecule has 5 heteroatoms. The van der Waals surface area contributed by atoms with Crippen LogP contribution >= 0.6 is 0 Å². The first-order valence-corrected chi connectivity index (χ1v) is 8.72. The van der Waals surface area contributed by atoms with Crippen LogP contribution < -0.4 is 0 Å². The Morgan fingerprint density at radius 1 is 1.27 bits per heavy atom. The van der Waals surface area contributed by atoms with Crippen LogP contribution in [-0.2, 0) is 0 Å². The van der Waals surface area contributed by atoms with E-state index in [1.807, 2.05) is 13.1 Å². The van der Waals surface area contributed by atoms with Gasteiger partial charge in [-0.05, 0) is 50.5 Å². The lowest BCUT2D eigenvalue weighted by molar-refractivity contribution is 0.0698. The Hall–Kier alpha value is -3.13. The molecule has 0 saturated heterocycles. The third-order valence-corrected chi connectivity index (χ3v) is 4.90. The topological polar surface area (TPSA) is 68.0 Å². The Balaban J connectivity index is 1.82. The van der Waals surface area contributed by atoms with Gasteiger partial charge in [0, 0.05) is 28.8 Å². The standard InChI is InChI=1S/C21H19N3O2/c1-3-4-14-7-9-17(21(25)26)20-18(14)12-23-24(20)13(2)16-8-10-19(22-11-16)15-5-6-15/h7-13,15H,5-6H2,1-2H3,(H,25,26). The number of aromatic carboxylic acids is 1. The van der Waals surface area contributed by atoms with Crippen LogP contribution in [0, 0.1) is 11.8 Å². The zero-order valence-corrected chi connectivity index (χ0v) is 14.7. The average Bonchev–Trinajstić information content (AvgIpc) is 3.40. The summed E-state index contributed by atoms with van der Waals surface area (Å²) >= 11 is 0. The molecule has 0 bridgehead atoms. The molecule has 0 amide bonds. The van der Waals surface area contributed by atoms with Crippen molar-refractivity contribution in [1.29, 1.82) is 0 Å². The molecule has 0 radical (unpaired) electrons. The van der Waals surface area contributed by atoms with E-state index in [0.29, 0.717) is 11.4 Å². The molecule has 4 rings (SSSR count).